The van der Waals surface area contributed by atoms with Gasteiger partial charge in [0, 0.05) is 6.54 Å². The molecule has 0 aromatic heterocycles. The van der Waals surface area contributed by atoms with Crippen molar-refractivity contribution in [3.63, 3.8) is 0 Å². The maximum absolute atomic E-state index is 13.5. The highest BCUT2D eigenvalue weighted by molar-refractivity contribution is 6.46. The van der Waals surface area contributed by atoms with Gasteiger partial charge in [0.1, 0.15) is 17.3 Å². The van der Waals surface area contributed by atoms with E-state index in [4.69, 9.17) is 21.1 Å². The van der Waals surface area contributed by atoms with Crippen molar-refractivity contribution in [1.29, 1.82) is 0 Å². The van der Waals surface area contributed by atoms with Gasteiger partial charge >= 0.3 is 0 Å². The molecule has 3 aromatic carbocycles. The molecule has 0 saturated carbocycles. The average molecular weight is 548 g/mol. The molecule has 6 nitrogen and oxygen atoms in total. The van der Waals surface area contributed by atoms with E-state index < -0.39 is 17.7 Å². The van der Waals surface area contributed by atoms with Gasteiger partial charge in [-0.2, -0.15) is 0 Å². The Hall–Kier alpha value is -3.77. The lowest BCUT2D eigenvalue weighted by Crippen LogP contribution is -2.29. The first-order chi connectivity index (χ1) is 18.5. The number of aliphatic hydroxyl groups is 1. The van der Waals surface area contributed by atoms with Crippen LogP contribution >= 0.6 is 11.6 Å². The summed E-state index contributed by atoms with van der Waals surface area (Å²) in [6.45, 7) is 10.8. The fraction of sp³-hybridized carbons (Fsp3) is 0.312. The van der Waals surface area contributed by atoms with E-state index in [2.05, 4.69) is 20.8 Å². The number of Topliss-reactive ketones (excluding diaryl/α,β-unsaturated/α-hetero) is 1. The number of carbonyl (C=O) groups excluding carboxylic acids is 2. The fourth-order valence-corrected chi connectivity index (χ4v) is 5.22. The third-order valence-corrected chi connectivity index (χ3v) is 7.15. The van der Waals surface area contributed by atoms with Gasteiger partial charge < -0.3 is 19.5 Å². The molecule has 1 unspecified atom stereocenters. The summed E-state index contributed by atoms with van der Waals surface area (Å²) in [7, 11) is 1.44. The molecule has 1 N–H and O–H groups in total. The van der Waals surface area contributed by atoms with Crippen molar-refractivity contribution in [2.45, 2.75) is 52.6 Å². The number of hydrogen-bond acceptors (Lipinski definition) is 5. The number of halogens is 1. The standard InChI is InChI=1S/C32H34ClNO5/c1-7-39-23-14-8-20(9-15-23)18-34-27(21-10-12-22(13-11-21)32(3,4)5)26(29(36)31(34)37)28(35)24-16-19(2)17-25(33)30(24)38-6/h8-17,27,35H,7,18H2,1-6H3/b28-26+. The number of nitrogens with zero attached hydrogens (tertiary/aromatic N) is 1. The molecule has 0 spiro atoms. The van der Waals surface area contributed by atoms with Crippen LogP contribution in [0.4, 0.5) is 0 Å². The molecule has 1 saturated heterocycles. The van der Waals surface area contributed by atoms with E-state index in [-0.39, 0.29) is 34.6 Å². The van der Waals surface area contributed by atoms with E-state index in [0.29, 0.717) is 17.2 Å². The Kier molecular flexibility index (Phi) is 8.07. The zero-order valence-corrected chi connectivity index (χ0v) is 23.9. The first-order valence-electron chi connectivity index (χ1n) is 12.9. The molecule has 0 bridgehead atoms. The number of rotatable bonds is 7. The van der Waals surface area contributed by atoms with Crippen LogP contribution in [0, 0.1) is 6.92 Å². The molecular weight excluding hydrogens is 514 g/mol. The number of ketones is 1. The van der Waals surface area contributed by atoms with Crippen LogP contribution in [0.15, 0.2) is 66.2 Å². The molecule has 7 heteroatoms. The largest absolute Gasteiger partial charge is 0.507 e. The number of likely N-dealkylation sites (tertiary alicyclic amines) is 1. The SMILES string of the molecule is CCOc1ccc(CN2C(=O)C(=O)/C(=C(/O)c3cc(C)cc(Cl)c3OC)C2c2ccc(C(C)(C)C)cc2)cc1. The smallest absolute Gasteiger partial charge is 0.295 e. The second-order valence-corrected chi connectivity index (χ2v) is 11.1. The van der Waals surface area contributed by atoms with Crippen LogP contribution in [0.1, 0.15) is 61.6 Å². The molecule has 1 heterocycles. The quantitative estimate of drug-likeness (QED) is 0.196. The van der Waals surface area contributed by atoms with Gasteiger partial charge in [0.25, 0.3) is 11.7 Å². The predicted octanol–water partition coefficient (Wildman–Crippen LogP) is 6.98. The van der Waals surface area contributed by atoms with Gasteiger partial charge in [-0.05, 0) is 65.8 Å². The highest BCUT2D eigenvalue weighted by atomic mass is 35.5. The van der Waals surface area contributed by atoms with Crippen molar-refractivity contribution in [3.05, 3.63) is 99.1 Å². The number of aliphatic hydroxyl groups excluding tert-OH is 1. The molecule has 39 heavy (non-hydrogen) atoms. The number of ether oxygens (including phenoxy) is 2. The number of carbonyl (C=O) groups is 2. The van der Waals surface area contributed by atoms with Gasteiger partial charge in [-0.25, -0.2) is 0 Å². The molecule has 4 rings (SSSR count). The first kappa shape index (κ1) is 28.2. The van der Waals surface area contributed by atoms with Gasteiger partial charge in [0.2, 0.25) is 0 Å². The minimum Gasteiger partial charge on any atom is -0.507 e. The Morgan fingerprint density at radius 2 is 1.67 bits per heavy atom. The third-order valence-electron chi connectivity index (χ3n) is 6.87. The second-order valence-electron chi connectivity index (χ2n) is 10.7. The maximum atomic E-state index is 13.5. The molecule has 0 radical (unpaired) electrons. The summed E-state index contributed by atoms with van der Waals surface area (Å²) < 4.78 is 11.0. The van der Waals surface area contributed by atoms with Crippen molar-refractivity contribution >= 4 is 29.1 Å². The van der Waals surface area contributed by atoms with Gasteiger partial charge in [-0.3, -0.25) is 9.59 Å². The van der Waals surface area contributed by atoms with E-state index in [0.717, 1.165) is 22.4 Å². The van der Waals surface area contributed by atoms with Crippen LogP contribution in [0.25, 0.3) is 5.76 Å². The zero-order chi connectivity index (χ0) is 28.5. The molecule has 1 atom stereocenters. The predicted molar refractivity (Wildman–Crippen MR) is 153 cm³/mol. The van der Waals surface area contributed by atoms with Crippen LogP contribution in [0.2, 0.25) is 5.02 Å². The highest BCUT2D eigenvalue weighted by Gasteiger charge is 2.46. The normalized spacial score (nSPS) is 17.0. The van der Waals surface area contributed by atoms with Crippen LogP contribution in [0.3, 0.4) is 0 Å². The Morgan fingerprint density at radius 3 is 2.23 bits per heavy atom. The lowest BCUT2D eigenvalue weighted by atomic mass is 9.85. The van der Waals surface area contributed by atoms with Crippen LogP contribution < -0.4 is 9.47 Å². The lowest BCUT2D eigenvalue weighted by Gasteiger charge is -2.27. The molecule has 1 aliphatic heterocycles. The number of methoxy groups -OCH3 is 1. The number of benzene rings is 3. The molecular formula is C32H34ClNO5. The van der Waals surface area contributed by atoms with Crippen LogP contribution in [0.5, 0.6) is 11.5 Å². The lowest BCUT2D eigenvalue weighted by molar-refractivity contribution is -0.140. The fourth-order valence-electron chi connectivity index (χ4n) is 4.87. The van der Waals surface area contributed by atoms with Gasteiger partial charge in [-0.15, -0.1) is 0 Å². The third kappa shape index (κ3) is 5.66. The van der Waals surface area contributed by atoms with E-state index in [1.165, 1.54) is 12.0 Å². The Bertz CT molecular complexity index is 1420. The summed E-state index contributed by atoms with van der Waals surface area (Å²) in [6, 6.07) is 17.8. The Labute approximate surface area is 234 Å². The Morgan fingerprint density at radius 1 is 1.03 bits per heavy atom. The number of hydrogen-bond donors (Lipinski definition) is 1. The van der Waals surface area contributed by atoms with E-state index >= 15 is 0 Å². The van der Waals surface area contributed by atoms with E-state index in [1.807, 2.05) is 62.4 Å². The maximum Gasteiger partial charge on any atom is 0.295 e. The average Bonchev–Trinajstić information content (AvgIpc) is 3.13. The molecule has 1 amide bonds. The summed E-state index contributed by atoms with van der Waals surface area (Å²) in [5, 5.41) is 11.9. The number of amides is 1. The van der Waals surface area contributed by atoms with Gasteiger partial charge in [0.15, 0.2) is 0 Å². The molecule has 1 fully saturated rings. The minimum absolute atomic E-state index is 0.00517. The second kappa shape index (κ2) is 11.1. The highest BCUT2D eigenvalue weighted by Crippen LogP contribution is 2.43. The van der Waals surface area contributed by atoms with Crippen LogP contribution in [-0.4, -0.2) is 35.4 Å². The van der Waals surface area contributed by atoms with Crippen molar-refractivity contribution in [2.75, 3.05) is 13.7 Å². The number of aryl methyl sites for hydroxylation is 1. The Balaban J connectivity index is 1.88. The van der Waals surface area contributed by atoms with Gasteiger partial charge in [0.05, 0.1) is 35.9 Å². The van der Waals surface area contributed by atoms with Crippen LogP contribution in [-0.2, 0) is 21.5 Å². The summed E-state index contributed by atoms with van der Waals surface area (Å²) >= 11 is 6.40. The minimum atomic E-state index is -0.811. The summed E-state index contributed by atoms with van der Waals surface area (Å²) in [4.78, 5) is 28.5. The van der Waals surface area contributed by atoms with Crippen molar-refractivity contribution in [3.8, 4) is 11.5 Å². The molecule has 204 valence electrons. The summed E-state index contributed by atoms with van der Waals surface area (Å²) in [6.07, 6.45) is 0. The van der Waals surface area contributed by atoms with Crippen molar-refractivity contribution in [2.24, 2.45) is 0 Å². The van der Waals surface area contributed by atoms with Crippen molar-refractivity contribution in [1.82, 2.24) is 4.90 Å². The van der Waals surface area contributed by atoms with E-state index in [1.54, 1.807) is 12.1 Å². The zero-order valence-electron chi connectivity index (χ0n) is 23.2. The topological polar surface area (TPSA) is 76.1 Å². The molecule has 1 aliphatic rings. The molecule has 0 aliphatic carbocycles. The summed E-state index contributed by atoms with van der Waals surface area (Å²) in [5.41, 5.74) is 3.61. The summed E-state index contributed by atoms with van der Waals surface area (Å²) in [5.74, 6) is -0.814. The van der Waals surface area contributed by atoms with Gasteiger partial charge in [-0.1, -0.05) is 68.8 Å². The monoisotopic (exact) mass is 547 g/mol. The van der Waals surface area contributed by atoms with E-state index in [9.17, 15) is 14.7 Å². The molecule has 3 aromatic rings. The first-order valence-corrected chi connectivity index (χ1v) is 13.3. The van der Waals surface area contributed by atoms with Crippen molar-refractivity contribution < 1.29 is 24.2 Å².